The van der Waals surface area contributed by atoms with Gasteiger partial charge in [0.1, 0.15) is 6.61 Å². The second-order valence-corrected chi connectivity index (χ2v) is 5.06. The van der Waals surface area contributed by atoms with E-state index < -0.39 is 0 Å². The monoisotopic (exact) mass is 242 g/mol. The predicted octanol–water partition coefficient (Wildman–Crippen LogP) is 2.85. The van der Waals surface area contributed by atoms with Crippen LogP contribution in [0.15, 0.2) is 0 Å². The Morgan fingerprint density at radius 3 is 2.59 bits per heavy atom. The Kier molecular flexibility index (Phi) is 7.45. The van der Waals surface area contributed by atoms with Crippen LogP contribution in [0.4, 0.5) is 0 Å². The summed E-state index contributed by atoms with van der Waals surface area (Å²) >= 11 is 0. The third-order valence-corrected chi connectivity index (χ3v) is 3.46. The van der Waals surface area contributed by atoms with Gasteiger partial charge in [-0.15, -0.1) is 0 Å². The molecule has 3 heteroatoms. The molecule has 0 saturated carbocycles. The summed E-state index contributed by atoms with van der Waals surface area (Å²) in [5.74, 6) is -0.0985. The van der Waals surface area contributed by atoms with Gasteiger partial charge in [0, 0.05) is 6.42 Å². The number of rotatable bonds is 9. The normalized spacial score (nSPS) is 24.1. The fourth-order valence-corrected chi connectivity index (χ4v) is 2.44. The Labute approximate surface area is 105 Å². The molecule has 1 saturated heterocycles. The number of Topliss-reactive ketones (excluding diaryl/α,β-unsaturated/α-hetero) is 1. The molecule has 1 fully saturated rings. The second kappa shape index (κ2) is 8.65. The minimum Gasteiger partial charge on any atom is -0.389 e. The molecule has 1 N–H and O–H groups in total. The van der Waals surface area contributed by atoms with Crippen molar-refractivity contribution in [1.29, 1.82) is 0 Å². The molecule has 1 aliphatic heterocycles. The Morgan fingerprint density at radius 2 is 1.88 bits per heavy atom. The lowest BCUT2D eigenvalue weighted by atomic mass is 10.1. The Hall–Kier alpha value is -0.410. The van der Waals surface area contributed by atoms with Gasteiger partial charge in [-0.2, -0.15) is 0 Å². The van der Waals surface area contributed by atoms with E-state index in [1.54, 1.807) is 0 Å². The number of aliphatic hydroxyl groups excluding tert-OH is 1. The fraction of sp³-hybridized carbons (Fsp3) is 0.929. The van der Waals surface area contributed by atoms with Crippen molar-refractivity contribution < 1.29 is 14.6 Å². The molecule has 1 aliphatic rings. The van der Waals surface area contributed by atoms with Crippen molar-refractivity contribution >= 4 is 5.78 Å². The number of hydrogen-bond acceptors (Lipinski definition) is 3. The van der Waals surface area contributed by atoms with Gasteiger partial charge in [0.2, 0.25) is 0 Å². The highest BCUT2D eigenvalue weighted by Crippen LogP contribution is 2.26. The first-order valence-corrected chi connectivity index (χ1v) is 7.04. The molecule has 0 aromatic carbocycles. The van der Waals surface area contributed by atoms with E-state index in [-0.39, 0.29) is 18.5 Å². The van der Waals surface area contributed by atoms with E-state index in [2.05, 4.69) is 6.92 Å². The summed E-state index contributed by atoms with van der Waals surface area (Å²) in [6, 6.07) is 0. The largest absolute Gasteiger partial charge is 0.389 e. The molecule has 0 aliphatic carbocycles. The summed E-state index contributed by atoms with van der Waals surface area (Å²) in [7, 11) is 0. The zero-order chi connectivity index (χ0) is 12.5. The maximum Gasteiger partial charge on any atom is 0.160 e. The van der Waals surface area contributed by atoms with Gasteiger partial charge < -0.3 is 9.84 Å². The molecule has 100 valence electrons. The first-order valence-electron chi connectivity index (χ1n) is 7.04. The van der Waals surface area contributed by atoms with Gasteiger partial charge in [-0.1, -0.05) is 39.0 Å². The lowest BCUT2D eigenvalue weighted by Crippen LogP contribution is -2.17. The molecule has 2 atom stereocenters. The van der Waals surface area contributed by atoms with Gasteiger partial charge in [-0.25, -0.2) is 0 Å². The Balaban J connectivity index is 2.03. The first kappa shape index (κ1) is 14.7. The maximum absolute atomic E-state index is 11.1. The summed E-state index contributed by atoms with van der Waals surface area (Å²) < 4.78 is 5.81. The molecule has 0 spiro atoms. The van der Waals surface area contributed by atoms with Crippen LogP contribution in [0.25, 0.3) is 0 Å². The van der Waals surface area contributed by atoms with Crippen LogP contribution in [0.2, 0.25) is 0 Å². The number of unbranched alkanes of at least 4 members (excludes halogenated alkanes) is 4. The van der Waals surface area contributed by atoms with Gasteiger partial charge in [0.05, 0.1) is 12.2 Å². The van der Waals surface area contributed by atoms with Gasteiger partial charge in [-0.3, -0.25) is 4.79 Å². The standard InChI is InChI=1S/C14H26O3/c1-2-3-4-5-6-7-13-8-9-14(17-13)10-12(16)11-15/h13-15H,2-11H2,1H3. The Bertz CT molecular complexity index is 216. The van der Waals surface area contributed by atoms with Crippen LogP contribution in [0.3, 0.4) is 0 Å². The topological polar surface area (TPSA) is 46.5 Å². The van der Waals surface area contributed by atoms with Crippen molar-refractivity contribution in [2.45, 2.75) is 76.9 Å². The molecule has 0 radical (unpaired) electrons. The van der Waals surface area contributed by atoms with Crippen LogP contribution in [0.5, 0.6) is 0 Å². The van der Waals surface area contributed by atoms with E-state index in [4.69, 9.17) is 9.84 Å². The van der Waals surface area contributed by atoms with Crippen LogP contribution in [0, 0.1) is 0 Å². The van der Waals surface area contributed by atoms with Crippen molar-refractivity contribution in [2.75, 3.05) is 6.61 Å². The van der Waals surface area contributed by atoms with Gasteiger partial charge >= 0.3 is 0 Å². The van der Waals surface area contributed by atoms with Crippen LogP contribution in [0.1, 0.15) is 64.7 Å². The number of carbonyl (C=O) groups is 1. The van der Waals surface area contributed by atoms with Crippen molar-refractivity contribution in [3.8, 4) is 0 Å². The quantitative estimate of drug-likeness (QED) is 0.632. The second-order valence-electron chi connectivity index (χ2n) is 5.06. The van der Waals surface area contributed by atoms with E-state index in [1.165, 1.54) is 32.1 Å². The molecule has 1 rings (SSSR count). The zero-order valence-electron chi connectivity index (χ0n) is 11.0. The number of ether oxygens (including phenoxy) is 1. The summed E-state index contributed by atoms with van der Waals surface area (Å²) in [6.07, 6.45) is 10.5. The molecule has 3 nitrogen and oxygen atoms in total. The summed E-state index contributed by atoms with van der Waals surface area (Å²) in [5.41, 5.74) is 0. The number of carbonyl (C=O) groups excluding carboxylic acids is 1. The van der Waals surface area contributed by atoms with Crippen molar-refractivity contribution in [3.05, 3.63) is 0 Å². The van der Waals surface area contributed by atoms with E-state index in [0.717, 1.165) is 19.3 Å². The SMILES string of the molecule is CCCCCCCC1CCC(CC(=O)CO)O1. The molecule has 17 heavy (non-hydrogen) atoms. The molecule has 1 heterocycles. The lowest BCUT2D eigenvalue weighted by molar-refractivity contribution is -0.124. The van der Waals surface area contributed by atoms with Crippen LogP contribution < -0.4 is 0 Å². The summed E-state index contributed by atoms with van der Waals surface area (Å²) in [5, 5.41) is 8.68. The predicted molar refractivity (Wildman–Crippen MR) is 68.0 cm³/mol. The average molecular weight is 242 g/mol. The third-order valence-electron chi connectivity index (χ3n) is 3.46. The molecule has 0 aromatic rings. The summed E-state index contributed by atoms with van der Waals surface area (Å²) in [6.45, 7) is 1.88. The van der Waals surface area contributed by atoms with E-state index in [0.29, 0.717) is 12.5 Å². The summed E-state index contributed by atoms with van der Waals surface area (Å²) in [4.78, 5) is 11.1. The molecule has 0 bridgehead atoms. The van der Waals surface area contributed by atoms with Crippen LogP contribution >= 0.6 is 0 Å². The molecular weight excluding hydrogens is 216 g/mol. The minimum atomic E-state index is -0.346. The smallest absolute Gasteiger partial charge is 0.160 e. The molecule has 0 amide bonds. The van der Waals surface area contributed by atoms with Crippen molar-refractivity contribution in [2.24, 2.45) is 0 Å². The van der Waals surface area contributed by atoms with E-state index in [9.17, 15) is 4.79 Å². The third kappa shape index (κ3) is 6.18. The van der Waals surface area contributed by atoms with Crippen LogP contribution in [-0.2, 0) is 9.53 Å². The fourth-order valence-electron chi connectivity index (χ4n) is 2.44. The highest BCUT2D eigenvalue weighted by Gasteiger charge is 2.26. The minimum absolute atomic E-state index is 0.0651. The van der Waals surface area contributed by atoms with Gasteiger partial charge in [-0.05, 0) is 19.3 Å². The van der Waals surface area contributed by atoms with Crippen molar-refractivity contribution in [1.82, 2.24) is 0 Å². The van der Waals surface area contributed by atoms with Gasteiger partial charge in [0.15, 0.2) is 5.78 Å². The number of aliphatic hydroxyl groups is 1. The zero-order valence-corrected chi connectivity index (χ0v) is 11.0. The molecule has 2 unspecified atom stereocenters. The maximum atomic E-state index is 11.1. The average Bonchev–Trinajstić information content (AvgIpc) is 2.76. The number of hydrogen-bond donors (Lipinski definition) is 1. The molecule has 0 aromatic heterocycles. The first-order chi connectivity index (χ1) is 8.26. The molecular formula is C14H26O3. The van der Waals surface area contributed by atoms with E-state index in [1.807, 2.05) is 0 Å². The number of ketones is 1. The lowest BCUT2D eigenvalue weighted by Gasteiger charge is -2.12. The van der Waals surface area contributed by atoms with Crippen molar-refractivity contribution in [3.63, 3.8) is 0 Å². The van der Waals surface area contributed by atoms with Crippen LogP contribution in [-0.4, -0.2) is 29.7 Å². The highest BCUT2D eigenvalue weighted by atomic mass is 16.5. The van der Waals surface area contributed by atoms with E-state index >= 15 is 0 Å². The highest BCUT2D eigenvalue weighted by molar-refractivity contribution is 5.79. The van der Waals surface area contributed by atoms with Gasteiger partial charge in [0.25, 0.3) is 0 Å². The Morgan fingerprint density at radius 1 is 1.18 bits per heavy atom.